The van der Waals surface area contributed by atoms with E-state index in [0.717, 1.165) is 30.2 Å². The van der Waals surface area contributed by atoms with Gasteiger partial charge in [0.1, 0.15) is 23.9 Å². The maximum absolute atomic E-state index is 12.9. The number of pyridine rings is 1. The Morgan fingerprint density at radius 1 is 1.03 bits per heavy atom. The Morgan fingerprint density at radius 2 is 1.75 bits per heavy atom. The largest absolute Gasteiger partial charge is 0.489 e. The van der Waals surface area contributed by atoms with Gasteiger partial charge >= 0.3 is 0 Å². The Labute approximate surface area is 187 Å². The van der Waals surface area contributed by atoms with Crippen molar-refractivity contribution in [3.8, 4) is 5.75 Å². The van der Waals surface area contributed by atoms with Gasteiger partial charge in [0.2, 0.25) is 0 Å². The number of nitrogens with one attached hydrogen (secondary N) is 1. The Balaban J connectivity index is 1.43. The number of hydrogen-bond acceptors (Lipinski definition) is 8. The first-order valence-corrected chi connectivity index (χ1v) is 11.8. The molecular formula is C22H26N4O5S. The van der Waals surface area contributed by atoms with Crippen LogP contribution in [0, 0.1) is 20.8 Å². The minimum Gasteiger partial charge on any atom is -0.489 e. The summed E-state index contributed by atoms with van der Waals surface area (Å²) >= 11 is 0. The lowest BCUT2D eigenvalue weighted by Crippen LogP contribution is -2.36. The lowest BCUT2D eigenvalue weighted by atomic mass is 10.2. The van der Waals surface area contributed by atoms with Crippen LogP contribution in [0.3, 0.4) is 0 Å². The van der Waals surface area contributed by atoms with E-state index in [1.54, 1.807) is 25.1 Å². The fourth-order valence-electron chi connectivity index (χ4n) is 3.41. The van der Waals surface area contributed by atoms with Gasteiger partial charge in [0.15, 0.2) is 0 Å². The van der Waals surface area contributed by atoms with Crippen molar-refractivity contribution in [2.75, 3.05) is 35.9 Å². The molecule has 32 heavy (non-hydrogen) atoms. The molecule has 0 bridgehead atoms. The van der Waals surface area contributed by atoms with E-state index < -0.39 is 10.0 Å². The molecule has 9 nitrogen and oxygen atoms in total. The van der Waals surface area contributed by atoms with Crippen LogP contribution in [0.5, 0.6) is 5.75 Å². The summed E-state index contributed by atoms with van der Waals surface area (Å²) in [7, 11) is -3.77. The predicted molar refractivity (Wildman–Crippen MR) is 120 cm³/mol. The molecule has 2 aromatic heterocycles. The number of morpholine rings is 1. The van der Waals surface area contributed by atoms with E-state index in [1.807, 2.05) is 19.9 Å². The molecule has 1 aliphatic rings. The fraction of sp³-hybridized carbons (Fsp3) is 0.364. The summed E-state index contributed by atoms with van der Waals surface area (Å²) in [6.07, 6.45) is 0. The Morgan fingerprint density at radius 3 is 2.38 bits per heavy atom. The van der Waals surface area contributed by atoms with Crippen LogP contribution in [-0.4, -0.2) is 44.9 Å². The molecule has 1 aromatic carbocycles. The monoisotopic (exact) mass is 458 g/mol. The number of sulfonamides is 1. The molecule has 0 unspecified atom stereocenters. The zero-order valence-corrected chi connectivity index (χ0v) is 19.1. The van der Waals surface area contributed by atoms with Gasteiger partial charge in [-0.2, -0.15) is 0 Å². The van der Waals surface area contributed by atoms with Gasteiger partial charge in [-0.15, -0.1) is 0 Å². The number of anilines is 2. The molecule has 0 saturated carbocycles. The maximum Gasteiger partial charge on any atom is 0.261 e. The predicted octanol–water partition coefficient (Wildman–Crippen LogP) is 3.21. The van der Waals surface area contributed by atoms with Crippen molar-refractivity contribution in [2.45, 2.75) is 32.3 Å². The molecule has 0 aliphatic carbocycles. The Kier molecular flexibility index (Phi) is 6.33. The van der Waals surface area contributed by atoms with Crippen molar-refractivity contribution in [1.29, 1.82) is 0 Å². The summed E-state index contributed by atoms with van der Waals surface area (Å²) in [6.45, 7) is 8.61. The van der Waals surface area contributed by atoms with Crippen LogP contribution < -0.4 is 14.4 Å². The number of benzene rings is 1. The maximum atomic E-state index is 12.9. The first-order chi connectivity index (χ1) is 15.3. The molecule has 0 spiro atoms. The smallest absolute Gasteiger partial charge is 0.261 e. The van der Waals surface area contributed by atoms with Crippen molar-refractivity contribution in [3.05, 3.63) is 59.1 Å². The molecular weight excluding hydrogens is 432 g/mol. The highest BCUT2D eigenvalue weighted by Crippen LogP contribution is 2.24. The van der Waals surface area contributed by atoms with Gasteiger partial charge in [-0.05, 0) is 57.2 Å². The van der Waals surface area contributed by atoms with E-state index in [0.29, 0.717) is 42.7 Å². The Bertz CT molecular complexity index is 1170. The summed E-state index contributed by atoms with van der Waals surface area (Å²) in [5.74, 6) is 2.07. The average molecular weight is 459 g/mol. The van der Waals surface area contributed by atoms with Crippen molar-refractivity contribution < 1.29 is 22.4 Å². The summed E-state index contributed by atoms with van der Waals surface area (Å²) in [5.41, 5.74) is 2.71. The summed E-state index contributed by atoms with van der Waals surface area (Å²) in [5, 5.41) is 3.90. The number of rotatable bonds is 7. The number of ether oxygens (including phenoxy) is 2. The minimum absolute atomic E-state index is 0.138. The molecule has 1 N–H and O–H groups in total. The van der Waals surface area contributed by atoms with Gasteiger partial charge in [-0.3, -0.25) is 4.72 Å². The van der Waals surface area contributed by atoms with Gasteiger partial charge in [0, 0.05) is 13.1 Å². The number of hydrogen-bond donors (Lipinski definition) is 1. The van der Waals surface area contributed by atoms with E-state index in [9.17, 15) is 8.42 Å². The van der Waals surface area contributed by atoms with Crippen LogP contribution in [0.25, 0.3) is 0 Å². The Hall–Kier alpha value is -3.11. The van der Waals surface area contributed by atoms with Crippen LogP contribution in [0.2, 0.25) is 0 Å². The molecule has 1 aliphatic heterocycles. The standard InChI is InChI=1S/C22H26N4O5S/c1-15-20(17(3)31-24-15)14-30-18-4-6-19(7-5-18)32(27,28)25-21-8-9-22(23-16(21)2)26-10-12-29-13-11-26/h4-9,25H,10-14H2,1-3H3. The SMILES string of the molecule is Cc1nc(N2CCOCC2)ccc1NS(=O)(=O)c1ccc(OCc2c(C)noc2C)cc1. The topological polar surface area (TPSA) is 107 Å². The number of aromatic nitrogens is 2. The normalized spacial score (nSPS) is 14.4. The first kappa shape index (κ1) is 22.1. The molecule has 4 rings (SSSR count). The zero-order valence-electron chi connectivity index (χ0n) is 18.3. The van der Waals surface area contributed by atoms with Gasteiger partial charge in [-0.1, -0.05) is 5.16 Å². The van der Waals surface area contributed by atoms with Crippen molar-refractivity contribution in [3.63, 3.8) is 0 Å². The van der Waals surface area contributed by atoms with Crippen LogP contribution in [-0.2, 0) is 21.4 Å². The van der Waals surface area contributed by atoms with E-state index in [4.69, 9.17) is 14.0 Å². The van der Waals surface area contributed by atoms with Crippen LogP contribution in [0.4, 0.5) is 11.5 Å². The fourth-order valence-corrected chi connectivity index (χ4v) is 4.52. The molecule has 3 heterocycles. The van der Waals surface area contributed by atoms with E-state index in [-0.39, 0.29) is 4.90 Å². The second-order valence-electron chi connectivity index (χ2n) is 7.57. The lowest BCUT2D eigenvalue weighted by Gasteiger charge is -2.28. The van der Waals surface area contributed by atoms with Gasteiger partial charge in [0.25, 0.3) is 10.0 Å². The second kappa shape index (κ2) is 9.17. The van der Waals surface area contributed by atoms with Crippen LogP contribution in [0.15, 0.2) is 45.8 Å². The van der Waals surface area contributed by atoms with E-state index in [1.165, 1.54) is 12.1 Å². The molecule has 3 aromatic rings. The minimum atomic E-state index is -3.77. The summed E-state index contributed by atoms with van der Waals surface area (Å²) < 4.78 is 44.6. The highest BCUT2D eigenvalue weighted by Gasteiger charge is 2.18. The molecule has 0 atom stereocenters. The van der Waals surface area contributed by atoms with Crippen molar-refractivity contribution in [2.24, 2.45) is 0 Å². The number of nitrogens with zero attached hydrogens (tertiary/aromatic N) is 3. The van der Waals surface area contributed by atoms with E-state index >= 15 is 0 Å². The zero-order chi connectivity index (χ0) is 22.7. The summed E-state index contributed by atoms with van der Waals surface area (Å²) in [6, 6.07) is 9.83. The van der Waals surface area contributed by atoms with Gasteiger partial charge in [0.05, 0.1) is 40.7 Å². The molecule has 1 fully saturated rings. The van der Waals surface area contributed by atoms with Crippen LogP contribution >= 0.6 is 0 Å². The third-order valence-electron chi connectivity index (χ3n) is 5.35. The molecule has 1 saturated heterocycles. The highest BCUT2D eigenvalue weighted by atomic mass is 32.2. The van der Waals surface area contributed by atoms with Gasteiger partial charge < -0.3 is 18.9 Å². The summed E-state index contributed by atoms with van der Waals surface area (Å²) in [4.78, 5) is 6.82. The van der Waals surface area contributed by atoms with Crippen molar-refractivity contribution >= 4 is 21.5 Å². The number of aryl methyl sites for hydroxylation is 3. The molecule has 10 heteroatoms. The van der Waals surface area contributed by atoms with Crippen LogP contribution in [0.1, 0.15) is 22.7 Å². The quantitative estimate of drug-likeness (QED) is 0.575. The third-order valence-corrected chi connectivity index (χ3v) is 6.73. The highest BCUT2D eigenvalue weighted by molar-refractivity contribution is 7.92. The molecule has 170 valence electrons. The first-order valence-electron chi connectivity index (χ1n) is 10.3. The van der Waals surface area contributed by atoms with E-state index in [2.05, 4.69) is 19.8 Å². The average Bonchev–Trinajstić information content (AvgIpc) is 3.11. The third kappa shape index (κ3) is 4.86. The second-order valence-corrected chi connectivity index (χ2v) is 9.25. The van der Waals surface area contributed by atoms with Crippen molar-refractivity contribution in [1.82, 2.24) is 10.1 Å². The van der Waals surface area contributed by atoms with Gasteiger partial charge in [-0.25, -0.2) is 13.4 Å². The lowest BCUT2D eigenvalue weighted by molar-refractivity contribution is 0.122. The molecule has 0 radical (unpaired) electrons. The molecule has 0 amide bonds.